The fourth-order valence-electron chi connectivity index (χ4n) is 2.26. The molecular weight excluding hydrogens is 363 g/mol. The summed E-state index contributed by atoms with van der Waals surface area (Å²) in [6.07, 6.45) is 0. The van der Waals surface area contributed by atoms with Gasteiger partial charge in [-0.25, -0.2) is 0 Å². The first-order valence-electron chi connectivity index (χ1n) is 8.11. The Kier molecular flexibility index (Phi) is 15.5. The molecule has 1 aromatic rings. The second kappa shape index (κ2) is 15.0. The lowest BCUT2D eigenvalue weighted by molar-refractivity contribution is -0.133. The molecule has 144 valence electrons. The monoisotopic (exact) mass is 392 g/mol. The molecule has 25 heavy (non-hydrogen) atoms. The molecule has 3 N–H and O–H groups in total. The van der Waals surface area contributed by atoms with Crippen LogP contribution in [0.5, 0.6) is 0 Å². The molecule has 0 atom stereocenters. The Morgan fingerprint density at radius 1 is 1.04 bits per heavy atom. The van der Waals surface area contributed by atoms with Gasteiger partial charge in [-0.1, -0.05) is 44.2 Å². The van der Waals surface area contributed by atoms with E-state index in [0.717, 1.165) is 25.2 Å². The number of rotatable bonds is 10. The number of amides is 2. The molecule has 0 fully saturated rings. The Bertz CT molecular complexity index is 485. The smallest absolute Gasteiger partial charge is 0.242 e. The lowest BCUT2D eigenvalue weighted by Gasteiger charge is -2.27. The first kappa shape index (κ1) is 25.9. The molecule has 0 aliphatic heterocycles. The first-order valence-corrected chi connectivity index (χ1v) is 8.11. The van der Waals surface area contributed by atoms with Crippen molar-refractivity contribution in [2.45, 2.75) is 20.4 Å². The summed E-state index contributed by atoms with van der Waals surface area (Å²) in [6.45, 7) is 7.99. The average molecular weight is 393 g/mol. The molecular formula is C17H30Cl2N4O2. The highest BCUT2D eigenvalue weighted by atomic mass is 35.5. The molecule has 6 nitrogen and oxygen atoms in total. The summed E-state index contributed by atoms with van der Waals surface area (Å²) >= 11 is 0. The van der Waals surface area contributed by atoms with Crippen molar-refractivity contribution in [3.63, 3.8) is 0 Å². The van der Waals surface area contributed by atoms with E-state index in [1.54, 1.807) is 4.90 Å². The Morgan fingerprint density at radius 2 is 1.64 bits per heavy atom. The molecule has 0 heterocycles. The minimum Gasteiger partial charge on any atom is -0.346 e. The van der Waals surface area contributed by atoms with Gasteiger partial charge in [0.2, 0.25) is 11.8 Å². The van der Waals surface area contributed by atoms with E-state index in [2.05, 4.69) is 24.1 Å². The van der Waals surface area contributed by atoms with Gasteiger partial charge in [0.1, 0.15) is 0 Å². The lowest BCUT2D eigenvalue weighted by Crippen LogP contribution is -2.44. The predicted octanol–water partition coefficient (Wildman–Crippen LogP) is 1.28. The van der Waals surface area contributed by atoms with Gasteiger partial charge in [0.05, 0.1) is 13.1 Å². The van der Waals surface area contributed by atoms with Gasteiger partial charge >= 0.3 is 0 Å². The Balaban J connectivity index is 0. The van der Waals surface area contributed by atoms with Gasteiger partial charge in [0.25, 0.3) is 0 Å². The number of carbonyl (C=O) groups excluding carboxylic acids is 2. The van der Waals surface area contributed by atoms with Crippen molar-refractivity contribution >= 4 is 36.6 Å². The highest BCUT2D eigenvalue weighted by molar-refractivity contribution is 5.86. The van der Waals surface area contributed by atoms with Gasteiger partial charge in [-0.15, -0.1) is 24.8 Å². The average Bonchev–Trinajstić information content (AvgIpc) is 2.59. The number of carbonyl (C=O) groups is 2. The van der Waals surface area contributed by atoms with Crippen molar-refractivity contribution in [2.75, 3.05) is 39.3 Å². The molecule has 0 saturated carbocycles. The van der Waals surface area contributed by atoms with Crippen LogP contribution >= 0.6 is 24.8 Å². The maximum atomic E-state index is 12.4. The number of nitrogens with two attached hydrogens (primary N) is 1. The van der Waals surface area contributed by atoms with Crippen LogP contribution in [0.1, 0.15) is 19.4 Å². The van der Waals surface area contributed by atoms with Crippen LogP contribution in [0.2, 0.25) is 0 Å². The molecule has 1 rings (SSSR count). The van der Waals surface area contributed by atoms with Crippen LogP contribution < -0.4 is 11.1 Å². The summed E-state index contributed by atoms with van der Waals surface area (Å²) in [5.41, 5.74) is 6.32. The summed E-state index contributed by atoms with van der Waals surface area (Å²) < 4.78 is 0. The van der Waals surface area contributed by atoms with Crippen molar-refractivity contribution in [2.24, 2.45) is 5.73 Å². The summed E-state index contributed by atoms with van der Waals surface area (Å²) in [7, 11) is 0. The third-order valence-electron chi connectivity index (χ3n) is 3.77. The van der Waals surface area contributed by atoms with Crippen molar-refractivity contribution in [3.8, 4) is 0 Å². The van der Waals surface area contributed by atoms with Crippen LogP contribution in [0.4, 0.5) is 0 Å². The second-order valence-corrected chi connectivity index (χ2v) is 5.31. The van der Waals surface area contributed by atoms with Crippen molar-refractivity contribution in [1.29, 1.82) is 0 Å². The van der Waals surface area contributed by atoms with E-state index in [-0.39, 0.29) is 49.7 Å². The maximum Gasteiger partial charge on any atom is 0.242 e. The Morgan fingerprint density at radius 3 is 2.16 bits per heavy atom. The van der Waals surface area contributed by atoms with Crippen molar-refractivity contribution in [3.05, 3.63) is 35.9 Å². The van der Waals surface area contributed by atoms with Crippen LogP contribution in [0.15, 0.2) is 30.3 Å². The summed E-state index contributed by atoms with van der Waals surface area (Å²) in [5.74, 6) is -0.412. The number of benzene rings is 1. The van der Waals surface area contributed by atoms with Gasteiger partial charge < -0.3 is 20.9 Å². The van der Waals surface area contributed by atoms with Crippen LogP contribution in [-0.4, -0.2) is 60.9 Å². The van der Waals surface area contributed by atoms with Crippen LogP contribution in [-0.2, 0) is 16.1 Å². The Hall–Kier alpha value is -1.34. The summed E-state index contributed by atoms with van der Waals surface area (Å²) in [4.78, 5) is 27.7. The molecule has 0 spiro atoms. The third-order valence-corrected chi connectivity index (χ3v) is 3.77. The molecule has 0 unspecified atom stereocenters. The fraction of sp³-hybridized carbons (Fsp3) is 0.529. The van der Waals surface area contributed by atoms with Crippen molar-refractivity contribution < 1.29 is 9.59 Å². The van der Waals surface area contributed by atoms with E-state index >= 15 is 0 Å². The molecule has 2 amide bonds. The van der Waals surface area contributed by atoms with Crippen LogP contribution in [0.3, 0.4) is 0 Å². The van der Waals surface area contributed by atoms with Gasteiger partial charge in [-0.3, -0.25) is 9.59 Å². The fourth-order valence-corrected chi connectivity index (χ4v) is 2.26. The minimum atomic E-state index is -0.318. The van der Waals surface area contributed by atoms with E-state index in [1.807, 2.05) is 30.3 Å². The highest BCUT2D eigenvalue weighted by Gasteiger charge is 2.15. The van der Waals surface area contributed by atoms with Gasteiger partial charge in [0.15, 0.2) is 0 Å². The largest absolute Gasteiger partial charge is 0.346 e. The van der Waals surface area contributed by atoms with Crippen molar-refractivity contribution in [1.82, 2.24) is 15.1 Å². The number of hydrogen-bond donors (Lipinski definition) is 2. The number of nitrogens with one attached hydrogen (secondary N) is 1. The maximum absolute atomic E-state index is 12.4. The number of halogens is 2. The van der Waals surface area contributed by atoms with Gasteiger partial charge in [-0.05, 0) is 18.7 Å². The van der Waals surface area contributed by atoms with E-state index in [0.29, 0.717) is 13.1 Å². The molecule has 0 bridgehead atoms. The summed E-state index contributed by atoms with van der Waals surface area (Å²) in [5, 5.41) is 2.55. The second-order valence-electron chi connectivity index (χ2n) is 5.31. The number of likely N-dealkylation sites (N-methyl/N-ethyl adjacent to an activating group) is 1. The normalized spacial score (nSPS) is 9.76. The molecule has 0 saturated heterocycles. The van der Waals surface area contributed by atoms with E-state index in [9.17, 15) is 9.59 Å². The van der Waals surface area contributed by atoms with Crippen LogP contribution in [0, 0.1) is 0 Å². The van der Waals surface area contributed by atoms with Gasteiger partial charge in [-0.2, -0.15) is 0 Å². The van der Waals surface area contributed by atoms with E-state index in [4.69, 9.17) is 5.73 Å². The minimum absolute atomic E-state index is 0. The topological polar surface area (TPSA) is 78.7 Å². The molecule has 1 aromatic carbocycles. The number of nitrogens with zero attached hydrogens (tertiary/aromatic N) is 2. The predicted molar refractivity (Wildman–Crippen MR) is 106 cm³/mol. The molecule has 8 heteroatoms. The zero-order valence-electron chi connectivity index (χ0n) is 14.9. The molecule has 0 aliphatic carbocycles. The van der Waals surface area contributed by atoms with E-state index < -0.39 is 0 Å². The zero-order valence-corrected chi connectivity index (χ0v) is 16.6. The van der Waals surface area contributed by atoms with Crippen LogP contribution in [0.25, 0.3) is 0 Å². The zero-order chi connectivity index (χ0) is 17.1. The Labute approximate surface area is 162 Å². The lowest BCUT2D eigenvalue weighted by atomic mass is 10.2. The SMILES string of the molecule is CCN(CC)CCN(Cc1ccccc1)C(=O)CNC(=O)CN.Cl.Cl. The van der Waals surface area contributed by atoms with E-state index in [1.165, 1.54) is 0 Å². The quantitative estimate of drug-likeness (QED) is 0.628. The highest BCUT2D eigenvalue weighted by Crippen LogP contribution is 2.05. The molecule has 0 radical (unpaired) electrons. The summed E-state index contributed by atoms with van der Waals surface area (Å²) in [6, 6.07) is 9.86. The molecule has 0 aliphatic rings. The van der Waals surface area contributed by atoms with Gasteiger partial charge in [0, 0.05) is 19.6 Å². The first-order chi connectivity index (χ1) is 11.1. The third kappa shape index (κ3) is 10.3. The number of hydrogen-bond acceptors (Lipinski definition) is 4. The molecule has 0 aromatic heterocycles. The standard InChI is InChI=1S/C17H28N4O2.2ClH/c1-3-20(4-2)10-11-21(14-15-8-6-5-7-9-15)17(23)13-19-16(22)12-18;;/h5-9H,3-4,10-14,18H2,1-2H3,(H,19,22);2*1H.